The van der Waals surface area contributed by atoms with Gasteiger partial charge in [0.1, 0.15) is 17.9 Å². The number of carbonyl (C=O) groups excluding carboxylic acids is 2. The van der Waals surface area contributed by atoms with E-state index in [9.17, 15) is 19.7 Å². The minimum atomic E-state index is -0.673. The van der Waals surface area contributed by atoms with Gasteiger partial charge in [-0.3, -0.25) is 14.9 Å². The van der Waals surface area contributed by atoms with Crippen LogP contribution in [0.4, 0.5) is 5.00 Å². The summed E-state index contributed by atoms with van der Waals surface area (Å²) in [7, 11) is 0. The van der Waals surface area contributed by atoms with Gasteiger partial charge in [-0.05, 0) is 18.2 Å². The fraction of sp³-hybridized carbons (Fsp3) is 0.143. The largest absolute Gasteiger partial charge is 0.456 e. The number of rotatable bonds is 5. The van der Waals surface area contributed by atoms with Crippen molar-refractivity contribution in [2.45, 2.75) is 13.5 Å². The highest BCUT2D eigenvalue weighted by molar-refractivity contribution is 7.15. The zero-order chi connectivity index (χ0) is 16.1. The molecule has 0 amide bonds. The van der Waals surface area contributed by atoms with Crippen LogP contribution in [0.25, 0.3) is 0 Å². The molecule has 2 rings (SSSR count). The number of thiophene rings is 1. The zero-order valence-corrected chi connectivity index (χ0v) is 12.3. The molecule has 0 aliphatic carbocycles. The number of esters is 2. The third kappa shape index (κ3) is 3.89. The molecule has 0 aliphatic rings. The maximum Gasteiger partial charge on any atom is 0.342 e. The SMILES string of the molecule is CC(=O)Oc1ccccc1C(=O)OCc1ccc([N+](=O)[O-])s1. The Morgan fingerprint density at radius 2 is 1.95 bits per heavy atom. The van der Waals surface area contributed by atoms with Crippen molar-refractivity contribution >= 4 is 28.3 Å². The first kappa shape index (κ1) is 15.6. The average molecular weight is 321 g/mol. The van der Waals surface area contributed by atoms with Crippen molar-refractivity contribution < 1.29 is 24.0 Å². The quantitative estimate of drug-likeness (QED) is 0.363. The molecule has 22 heavy (non-hydrogen) atoms. The molecule has 2 aromatic rings. The van der Waals surface area contributed by atoms with E-state index in [2.05, 4.69) is 0 Å². The van der Waals surface area contributed by atoms with E-state index in [4.69, 9.17) is 9.47 Å². The van der Waals surface area contributed by atoms with Crippen LogP contribution in [0.1, 0.15) is 22.2 Å². The van der Waals surface area contributed by atoms with E-state index in [1.807, 2.05) is 0 Å². The van der Waals surface area contributed by atoms with E-state index >= 15 is 0 Å². The van der Waals surface area contributed by atoms with E-state index in [-0.39, 0.29) is 22.9 Å². The third-order valence-electron chi connectivity index (χ3n) is 2.53. The summed E-state index contributed by atoms with van der Waals surface area (Å²) in [5.41, 5.74) is 0.115. The molecule has 8 heteroatoms. The molecule has 0 unspecified atom stereocenters. The molecule has 0 atom stereocenters. The fourth-order valence-electron chi connectivity index (χ4n) is 1.64. The number of nitrogens with zero attached hydrogens (tertiary/aromatic N) is 1. The van der Waals surface area contributed by atoms with Gasteiger partial charge in [0.05, 0.1) is 4.92 Å². The van der Waals surface area contributed by atoms with Crippen LogP contribution < -0.4 is 4.74 Å². The molecule has 0 fully saturated rings. The number of para-hydroxylation sites is 1. The monoisotopic (exact) mass is 321 g/mol. The Hall–Kier alpha value is -2.74. The Morgan fingerprint density at radius 1 is 1.23 bits per heavy atom. The van der Waals surface area contributed by atoms with Crippen molar-refractivity contribution in [1.82, 2.24) is 0 Å². The Labute approximate surface area is 129 Å². The number of hydrogen-bond acceptors (Lipinski definition) is 7. The molecule has 1 aromatic carbocycles. The van der Waals surface area contributed by atoms with Gasteiger partial charge in [0, 0.05) is 17.9 Å². The smallest absolute Gasteiger partial charge is 0.342 e. The predicted molar refractivity (Wildman–Crippen MR) is 77.8 cm³/mol. The van der Waals surface area contributed by atoms with Gasteiger partial charge in [0.15, 0.2) is 0 Å². The van der Waals surface area contributed by atoms with Crippen LogP contribution in [-0.4, -0.2) is 16.9 Å². The number of carbonyl (C=O) groups is 2. The van der Waals surface area contributed by atoms with Gasteiger partial charge in [0.25, 0.3) is 0 Å². The lowest BCUT2D eigenvalue weighted by atomic mass is 10.2. The minimum absolute atomic E-state index is 0.0219. The summed E-state index contributed by atoms with van der Waals surface area (Å²) >= 11 is 0.931. The summed E-state index contributed by atoms with van der Waals surface area (Å²) in [6.45, 7) is 1.14. The minimum Gasteiger partial charge on any atom is -0.456 e. The van der Waals surface area contributed by atoms with Crippen LogP contribution in [0.3, 0.4) is 0 Å². The molecule has 1 aromatic heterocycles. The summed E-state index contributed by atoms with van der Waals surface area (Å²) in [6, 6.07) is 9.05. The molecule has 114 valence electrons. The molecular weight excluding hydrogens is 310 g/mol. The first-order valence-electron chi connectivity index (χ1n) is 6.15. The third-order valence-corrected chi connectivity index (χ3v) is 3.54. The van der Waals surface area contributed by atoms with E-state index in [0.717, 1.165) is 11.3 Å². The highest BCUT2D eigenvalue weighted by Crippen LogP contribution is 2.25. The Kier molecular flexibility index (Phi) is 4.84. The second-order valence-corrected chi connectivity index (χ2v) is 5.31. The molecule has 0 spiro atoms. The number of ether oxygens (including phenoxy) is 2. The molecule has 0 N–H and O–H groups in total. The predicted octanol–water partition coefficient (Wildman–Crippen LogP) is 2.94. The van der Waals surface area contributed by atoms with Crippen LogP contribution in [-0.2, 0) is 16.1 Å². The lowest BCUT2D eigenvalue weighted by Gasteiger charge is -2.08. The van der Waals surface area contributed by atoms with Crippen LogP contribution in [0.2, 0.25) is 0 Å². The zero-order valence-electron chi connectivity index (χ0n) is 11.5. The summed E-state index contributed by atoms with van der Waals surface area (Å²) in [6.07, 6.45) is 0. The molecule has 0 aliphatic heterocycles. The molecular formula is C14H11NO6S. The van der Waals surface area contributed by atoms with Crippen LogP contribution in [0.15, 0.2) is 36.4 Å². The molecule has 0 radical (unpaired) electrons. The van der Waals surface area contributed by atoms with E-state index in [1.165, 1.54) is 31.2 Å². The summed E-state index contributed by atoms with van der Waals surface area (Å²) in [5.74, 6) is -1.11. The van der Waals surface area contributed by atoms with E-state index in [0.29, 0.717) is 4.88 Å². The van der Waals surface area contributed by atoms with E-state index in [1.54, 1.807) is 12.1 Å². The summed E-state index contributed by atoms with van der Waals surface area (Å²) < 4.78 is 10.0. The van der Waals surface area contributed by atoms with Crippen LogP contribution >= 0.6 is 11.3 Å². The lowest BCUT2D eigenvalue weighted by Crippen LogP contribution is -2.10. The van der Waals surface area contributed by atoms with Gasteiger partial charge >= 0.3 is 16.9 Å². The van der Waals surface area contributed by atoms with Crippen LogP contribution in [0, 0.1) is 10.1 Å². The Balaban J connectivity index is 2.05. The van der Waals surface area contributed by atoms with Gasteiger partial charge in [-0.15, -0.1) is 0 Å². The van der Waals surface area contributed by atoms with Crippen molar-refractivity contribution in [3.63, 3.8) is 0 Å². The maximum absolute atomic E-state index is 12.0. The van der Waals surface area contributed by atoms with Gasteiger partial charge in [-0.1, -0.05) is 23.5 Å². The van der Waals surface area contributed by atoms with Gasteiger partial charge in [-0.25, -0.2) is 4.79 Å². The van der Waals surface area contributed by atoms with Crippen molar-refractivity contribution in [2.75, 3.05) is 0 Å². The Morgan fingerprint density at radius 3 is 2.59 bits per heavy atom. The van der Waals surface area contributed by atoms with Crippen molar-refractivity contribution in [3.05, 3.63) is 57.0 Å². The van der Waals surface area contributed by atoms with Crippen molar-refractivity contribution in [1.29, 1.82) is 0 Å². The summed E-state index contributed by atoms with van der Waals surface area (Å²) in [4.78, 5) is 33.6. The topological polar surface area (TPSA) is 95.7 Å². The van der Waals surface area contributed by atoms with Crippen molar-refractivity contribution in [3.8, 4) is 5.75 Å². The fourth-order valence-corrected chi connectivity index (χ4v) is 2.37. The highest BCUT2D eigenvalue weighted by Gasteiger charge is 2.16. The van der Waals surface area contributed by atoms with E-state index < -0.39 is 16.9 Å². The van der Waals surface area contributed by atoms with Gasteiger partial charge < -0.3 is 9.47 Å². The first-order valence-corrected chi connectivity index (χ1v) is 6.96. The summed E-state index contributed by atoms with van der Waals surface area (Å²) in [5, 5.41) is 10.6. The number of nitro groups is 1. The maximum atomic E-state index is 12.0. The number of hydrogen-bond donors (Lipinski definition) is 0. The molecule has 0 saturated carbocycles. The van der Waals surface area contributed by atoms with Crippen LogP contribution in [0.5, 0.6) is 5.75 Å². The van der Waals surface area contributed by atoms with Gasteiger partial charge in [0.2, 0.25) is 0 Å². The standard InChI is InChI=1S/C14H11NO6S/c1-9(16)21-12-5-3-2-4-11(12)14(17)20-8-10-6-7-13(22-10)15(18)19/h2-7H,8H2,1H3. The van der Waals surface area contributed by atoms with Crippen molar-refractivity contribution in [2.24, 2.45) is 0 Å². The first-order chi connectivity index (χ1) is 10.5. The average Bonchev–Trinajstić information content (AvgIpc) is 2.94. The Bertz CT molecular complexity index is 724. The van der Waals surface area contributed by atoms with Gasteiger partial charge in [-0.2, -0.15) is 0 Å². The molecule has 7 nitrogen and oxygen atoms in total. The molecule has 0 bridgehead atoms. The molecule has 0 saturated heterocycles. The lowest BCUT2D eigenvalue weighted by molar-refractivity contribution is -0.380. The highest BCUT2D eigenvalue weighted by atomic mass is 32.1. The second kappa shape index (κ2) is 6.81. The molecule has 1 heterocycles. The normalized spacial score (nSPS) is 10.0. The number of benzene rings is 1. The second-order valence-electron chi connectivity index (χ2n) is 4.16.